The van der Waals surface area contributed by atoms with Gasteiger partial charge in [0.2, 0.25) is 10.0 Å². The van der Waals surface area contributed by atoms with E-state index in [0.29, 0.717) is 24.3 Å². The Labute approximate surface area is 175 Å². The number of carbonyl (C=O) groups excluding carboxylic acids is 3. The summed E-state index contributed by atoms with van der Waals surface area (Å²) >= 11 is 0. The third-order valence-electron chi connectivity index (χ3n) is 4.35. The first-order valence-corrected chi connectivity index (χ1v) is 10.8. The minimum Gasteiger partial charge on any atom is -0.452 e. The van der Waals surface area contributed by atoms with Gasteiger partial charge in [0.25, 0.3) is 5.91 Å². The van der Waals surface area contributed by atoms with Crippen molar-refractivity contribution in [3.63, 3.8) is 0 Å². The van der Waals surface area contributed by atoms with Crippen LogP contribution < -0.4 is 5.32 Å². The Morgan fingerprint density at radius 1 is 0.967 bits per heavy atom. The number of sulfonamides is 1. The summed E-state index contributed by atoms with van der Waals surface area (Å²) in [7, 11) is -3.63. The maximum atomic E-state index is 12.5. The molecule has 8 nitrogen and oxygen atoms in total. The maximum absolute atomic E-state index is 12.5. The first-order valence-electron chi connectivity index (χ1n) is 9.37. The number of hydrogen-bond acceptors (Lipinski definition) is 6. The Morgan fingerprint density at radius 2 is 1.57 bits per heavy atom. The molecule has 0 aromatic heterocycles. The van der Waals surface area contributed by atoms with Gasteiger partial charge in [-0.15, -0.1) is 0 Å². The minimum atomic E-state index is -3.63. The molecule has 0 bridgehead atoms. The fraction of sp³-hybridized carbons (Fsp3) is 0.286. The minimum absolute atomic E-state index is 0.0707. The normalized spacial score (nSPS) is 11.2. The van der Waals surface area contributed by atoms with Crippen molar-refractivity contribution >= 4 is 33.4 Å². The third-order valence-corrected chi connectivity index (χ3v) is 6.41. The van der Waals surface area contributed by atoms with Crippen LogP contribution in [0.3, 0.4) is 0 Å². The first-order chi connectivity index (χ1) is 14.2. The zero-order chi connectivity index (χ0) is 22.3. The van der Waals surface area contributed by atoms with Crippen molar-refractivity contribution in [1.82, 2.24) is 4.31 Å². The molecule has 0 radical (unpaired) electrons. The summed E-state index contributed by atoms with van der Waals surface area (Å²) in [4.78, 5) is 35.9. The Balaban J connectivity index is 2.00. The molecule has 9 heteroatoms. The van der Waals surface area contributed by atoms with Gasteiger partial charge in [0.05, 0.1) is 16.1 Å². The van der Waals surface area contributed by atoms with Crippen LogP contribution in [-0.2, 0) is 19.6 Å². The molecule has 2 rings (SSSR count). The van der Waals surface area contributed by atoms with Crippen LogP contribution in [0.2, 0.25) is 0 Å². The molecule has 0 spiro atoms. The molecule has 160 valence electrons. The van der Waals surface area contributed by atoms with E-state index in [0.717, 1.165) is 0 Å². The SMILES string of the molecule is CCN(CC)S(=O)(=O)c1ccc(C(=O)OCC(=O)Nc2ccccc2C(C)=O)cc1. The van der Waals surface area contributed by atoms with Crippen LogP contribution in [0.15, 0.2) is 53.4 Å². The number of nitrogens with one attached hydrogen (secondary N) is 1. The highest BCUT2D eigenvalue weighted by Gasteiger charge is 2.22. The van der Waals surface area contributed by atoms with Gasteiger partial charge in [-0.25, -0.2) is 13.2 Å². The molecule has 1 amide bonds. The smallest absolute Gasteiger partial charge is 0.338 e. The van der Waals surface area contributed by atoms with E-state index >= 15 is 0 Å². The Kier molecular flexibility index (Phi) is 7.85. The number of ether oxygens (including phenoxy) is 1. The quantitative estimate of drug-likeness (QED) is 0.482. The molecule has 0 aliphatic carbocycles. The van der Waals surface area contributed by atoms with Crippen molar-refractivity contribution < 1.29 is 27.5 Å². The molecule has 0 unspecified atom stereocenters. The molecule has 0 fully saturated rings. The Morgan fingerprint density at radius 3 is 2.13 bits per heavy atom. The van der Waals surface area contributed by atoms with Crippen molar-refractivity contribution in [3.05, 3.63) is 59.7 Å². The number of Topliss-reactive ketones (excluding diaryl/α,β-unsaturated/α-hetero) is 1. The number of anilines is 1. The van der Waals surface area contributed by atoms with Gasteiger partial charge in [-0.3, -0.25) is 9.59 Å². The molecule has 2 aromatic rings. The van der Waals surface area contributed by atoms with Gasteiger partial charge < -0.3 is 10.1 Å². The zero-order valence-corrected chi connectivity index (χ0v) is 17.9. The van der Waals surface area contributed by atoms with Gasteiger partial charge in [-0.2, -0.15) is 4.31 Å². The third kappa shape index (κ3) is 5.52. The fourth-order valence-electron chi connectivity index (χ4n) is 2.78. The number of ketones is 1. The highest BCUT2D eigenvalue weighted by atomic mass is 32.2. The molecule has 0 saturated carbocycles. The summed E-state index contributed by atoms with van der Waals surface area (Å²) in [5, 5.41) is 2.53. The van der Waals surface area contributed by atoms with Crippen LogP contribution >= 0.6 is 0 Å². The number of carbonyl (C=O) groups is 3. The van der Waals surface area contributed by atoms with Crippen LogP contribution in [0.5, 0.6) is 0 Å². The summed E-state index contributed by atoms with van der Waals surface area (Å²) in [6.45, 7) is 4.99. The highest BCUT2D eigenvalue weighted by molar-refractivity contribution is 7.89. The maximum Gasteiger partial charge on any atom is 0.338 e. The first kappa shape index (κ1) is 23.2. The molecule has 0 heterocycles. The molecule has 2 aromatic carbocycles. The number of esters is 1. The molecule has 0 atom stereocenters. The van der Waals surface area contributed by atoms with Crippen LogP contribution in [-0.4, -0.2) is 50.1 Å². The highest BCUT2D eigenvalue weighted by Crippen LogP contribution is 2.17. The van der Waals surface area contributed by atoms with Crippen molar-refractivity contribution in [1.29, 1.82) is 0 Å². The Hall–Kier alpha value is -3.04. The van der Waals surface area contributed by atoms with Gasteiger partial charge >= 0.3 is 5.97 Å². The molecular formula is C21H24N2O6S. The van der Waals surface area contributed by atoms with Gasteiger partial charge in [0.1, 0.15) is 0 Å². The van der Waals surface area contributed by atoms with Crippen molar-refractivity contribution in [2.75, 3.05) is 25.0 Å². The standard InChI is InChI=1S/C21H24N2O6S/c1-4-23(5-2)30(27,28)17-12-10-16(11-13-17)21(26)29-14-20(25)22-19-9-7-6-8-18(19)15(3)24/h6-13H,4-5,14H2,1-3H3,(H,22,25). The van der Waals surface area contributed by atoms with E-state index in [1.807, 2.05) is 0 Å². The van der Waals surface area contributed by atoms with E-state index in [4.69, 9.17) is 4.74 Å². The van der Waals surface area contributed by atoms with E-state index < -0.39 is 28.5 Å². The average molecular weight is 432 g/mol. The molecule has 30 heavy (non-hydrogen) atoms. The van der Waals surface area contributed by atoms with Crippen LogP contribution in [0.4, 0.5) is 5.69 Å². The summed E-state index contributed by atoms with van der Waals surface area (Å²) in [6.07, 6.45) is 0. The number of rotatable bonds is 9. The number of nitrogens with zero attached hydrogens (tertiary/aromatic N) is 1. The second-order valence-electron chi connectivity index (χ2n) is 6.34. The topological polar surface area (TPSA) is 110 Å². The number of hydrogen-bond donors (Lipinski definition) is 1. The lowest BCUT2D eigenvalue weighted by Crippen LogP contribution is -2.30. The molecule has 1 N–H and O–H groups in total. The van der Waals surface area contributed by atoms with E-state index in [1.165, 1.54) is 35.5 Å². The van der Waals surface area contributed by atoms with Crippen LogP contribution in [0.1, 0.15) is 41.5 Å². The van der Waals surface area contributed by atoms with E-state index in [-0.39, 0.29) is 16.2 Å². The summed E-state index contributed by atoms with van der Waals surface area (Å²) in [6, 6.07) is 11.8. The second kappa shape index (κ2) is 10.1. The lowest BCUT2D eigenvalue weighted by Gasteiger charge is -2.18. The van der Waals surface area contributed by atoms with Crippen molar-refractivity contribution in [2.45, 2.75) is 25.7 Å². The molecule has 0 aliphatic rings. The lowest BCUT2D eigenvalue weighted by atomic mass is 10.1. The van der Waals surface area contributed by atoms with Crippen LogP contribution in [0, 0.1) is 0 Å². The average Bonchev–Trinajstić information content (AvgIpc) is 2.73. The summed E-state index contributed by atoms with van der Waals surface area (Å²) < 4.78 is 31.2. The van der Waals surface area contributed by atoms with Gasteiger partial charge in [-0.05, 0) is 43.3 Å². The molecule has 0 aliphatic heterocycles. The monoisotopic (exact) mass is 432 g/mol. The van der Waals surface area contributed by atoms with Crippen LogP contribution in [0.25, 0.3) is 0 Å². The van der Waals surface area contributed by atoms with Gasteiger partial charge in [-0.1, -0.05) is 26.0 Å². The fourth-order valence-corrected chi connectivity index (χ4v) is 4.23. The molecule has 0 saturated heterocycles. The van der Waals surface area contributed by atoms with E-state index in [1.54, 1.807) is 38.1 Å². The van der Waals surface area contributed by atoms with Crippen molar-refractivity contribution in [2.24, 2.45) is 0 Å². The van der Waals surface area contributed by atoms with E-state index in [2.05, 4.69) is 5.32 Å². The Bertz CT molecular complexity index is 1030. The summed E-state index contributed by atoms with van der Waals surface area (Å²) in [5.74, 6) is -1.57. The number of para-hydroxylation sites is 1. The van der Waals surface area contributed by atoms with E-state index in [9.17, 15) is 22.8 Å². The molecular weight excluding hydrogens is 408 g/mol. The largest absolute Gasteiger partial charge is 0.452 e. The second-order valence-corrected chi connectivity index (χ2v) is 8.28. The predicted octanol–water partition coefficient (Wildman–Crippen LogP) is 2.72. The zero-order valence-electron chi connectivity index (χ0n) is 17.0. The lowest BCUT2D eigenvalue weighted by molar-refractivity contribution is -0.119. The number of amides is 1. The summed E-state index contributed by atoms with van der Waals surface area (Å²) in [5.41, 5.74) is 0.796. The predicted molar refractivity (Wildman–Crippen MR) is 112 cm³/mol. The van der Waals surface area contributed by atoms with Crippen molar-refractivity contribution in [3.8, 4) is 0 Å². The number of benzene rings is 2. The van der Waals surface area contributed by atoms with Gasteiger partial charge in [0, 0.05) is 18.7 Å². The van der Waals surface area contributed by atoms with Gasteiger partial charge in [0.15, 0.2) is 12.4 Å².